The van der Waals surface area contributed by atoms with E-state index in [1.165, 1.54) is 48.6 Å². The molecule has 0 saturated carbocycles. The van der Waals surface area contributed by atoms with Gasteiger partial charge in [-0.25, -0.2) is 0 Å². The fourth-order valence-electron chi connectivity index (χ4n) is 1.92. The number of ether oxygens (including phenoxy) is 1. The van der Waals surface area contributed by atoms with Crippen molar-refractivity contribution in [3.8, 4) is 11.5 Å². The minimum Gasteiger partial charge on any atom is -0.456 e. The molecule has 0 aliphatic carbocycles. The maximum atomic E-state index is 10.8. The average Bonchev–Trinajstić information content (AvgIpc) is 2.55. The summed E-state index contributed by atoms with van der Waals surface area (Å²) in [5.74, 6) is 0.699. The summed E-state index contributed by atoms with van der Waals surface area (Å²) in [6.45, 7) is 7.20. The van der Waals surface area contributed by atoms with Gasteiger partial charge in [0.05, 0.1) is 9.85 Å². The van der Waals surface area contributed by atoms with Gasteiger partial charge in [-0.05, 0) is 12.1 Å². The number of nitro benzene ring substituents is 2. The van der Waals surface area contributed by atoms with Gasteiger partial charge in [0.25, 0.3) is 11.4 Å². The Balaban J connectivity index is 2.42. The third-order valence-corrected chi connectivity index (χ3v) is 3.07. The van der Waals surface area contributed by atoms with Crippen LogP contribution in [0.15, 0.2) is 49.6 Å². The molecule has 0 radical (unpaired) electrons. The lowest BCUT2D eigenvalue weighted by Gasteiger charge is -2.11. The SMILES string of the molecule is C=Cc1cc([N+](=O)[O-])ccc1Oc1ccc([N+](=O)[O-])cc1C=C. The van der Waals surface area contributed by atoms with Crippen molar-refractivity contribution in [1.29, 1.82) is 0 Å². The van der Waals surface area contributed by atoms with Gasteiger partial charge in [0.15, 0.2) is 0 Å². The summed E-state index contributed by atoms with van der Waals surface area (Å²) < 4.78 is 5.70. The second kappa shape index (κ2) is 6.52. The van der Waals surface area contributed by atoms with Gasteiger partial charge in [0, 0.05) is 35.4 Å². The summed E-state index contributed by atoms with van der Waals surface area (Å²) in [6, 6.07) is 8.18. The van der Waals surface area contributed by atoms with Crippen molar-refractivity contribution in [2.75, 3.05) is 0 Å². The number of benzene rings is 2. The minimum absolute atomic E-state index is 0.0834. The molecule has 0 atom stereocenters. The summed E-state index contributed by atoms with van der Waals surface area (Å²) in [7, 11) is 0. The third kappa shape index (κ3) is 3.41. The predicted octanol–water partition coefficient (Wildman–Crippen LogP) is 4.58. The van der Waals surface area contributed by atoms with E-state index < -0.39 is 9.85 Å². The van der Waals surface area contributed by atoms with Gasteiger partial charge < -0.3 is 4.74 Å². The highest BCUT2D eigenvalue weighted by Crippen LogP contribution is 2.33. The first-order valence-electron chi connectivity index (χ1n) is 6.46. The number of rotatable bonds is 6. The Kier molecular flexibility index (Phi) is 4.51. The zero-order chi connectivity index (χ0) is 17.0. The summed E-state index contributed by atoms with van der Waals surface area (Å²) in [5, 5.41) is 21.6. The monoisotopic (exact) mass is 312 g/mol. The van der Waals surface area contributed by atoms with Crippen LogP contribution in [0.5, 0.6) is 11.5 Å². The normalized spacial score (nSPS) is 9.91. The molecule has 2 aromatic rings. The van der Waals surface area contributed by atoms with Crippen molar-refractivity contribution >= 4 is 23.5 Å². The first kappa shape index (κ1) is 15.9. The first-order chi connectivity index (χ1) is 11.0. The van der Waals surface area contributed by atoms with Crippen molar-refractivity contribution in [1.82, 2.24) is 0 Å². The lowest BCUT2D eigenvalue weighted by atomic mass is 10.1. The maximum absolute atomic E-state index is 10.8. The van der Waals surface area contributed by atoms with E-state index in [1.54, 1.807) is 0 Å². The molecule has 2 rings (SSSR count). The maximum Gasteiger partial charge on any atom is 0.270 e. The number of nitrogens with zero attached hydrogens (tertiary/aromatic N) is 2. The first-order valence-corrected chi connectivity index (χ1v) is 6.46. The van der Waals surface area contributed by atoms with Crippen LogP contribution in [-0.2, 0) is 0 Å². The van der Waals surface area contributed by atoms with E-state index in [1.807, 2.05) is 0 Å². The van der Waals surface area contributed by atoms with Crippen LogP contribution < -0.4 is 4.74 Å². The predicted molar refractivity (Wildman–Crippen MR) is 86.4 cm³/mol. The zero-order valence-electron chi connectivity index (χ0n) is 12.0. The van der Waals surface area contributed by atoms with Crippen molar-refractivity contribution in [3.63, 3.8) is 0 Å². The van der Waals surface area contributed by atoms with Gasteiger partial charge >= 0.3 is 0 Å². The van der Waals surface area contributed by atoms with E-state index in [9.17, 15) is 20.2 Å². The number of hydrogen-bond donors (Lipinski definition) is 0. The Hall–Kier alpha value is -3.48. The molecule has 0 spiro atoms. The van der Waals surface area contributed by atoms with Crippen LogP contribution in [0.1, 0.15) is 11.1 Å². The van der Waals surface area contributed by atoms with Gasteiger partial charge in [0.2, 0.25) is 0 Å². The molecule has 0 bridgehead atoms. The molecule has 0 unspecified atom stereocenters. The van der Waals surface area contributed by atoms with Crippen LogP contribution in [0.4, 0.5) is 11.4 Å². The number of nitro groups is 2. The van der Waals surface area contributed by atoms with Crippen LogP contribution in [-0.4, -0.2) is 9.85 Å². The molecular formula is C16H12N2O5. The molecule has 7 heteroatoms. The molecular weight excluding hydrogens is 300 g/mol. The highest BCUT2D eigenvalue weighted by Gasteiger charge is 2.14. The molecule has 0 aliphatic rings. The topological polar surface area (TPSA) is 95.5 Å². The van der Waals surface area contributed by atoms with E-state index >= 15 is 0 Å². The van der Waals surface area contributed by atoms with Crippen molar-refractivity contribution in [2.45, 2.75) is 0 Å². The molecule has 23 heavy (non-hydrogen) atoms. The fourth-order valence-corrected chi connectivity index (χ4v) is 1.92. The van der Waals surface area contributed by atoms with Crippen LogP contribution in [0, 0.1) is 20.2 Å². The largest absolute Gasteiger partial charge is 0.456 e. The third-order valence-electron chi connectivity index (χ3n) is 3.07. The summed E-state index contributed by atoms with van der Waals surface area (Å²) >= 11 is 0. The van der Waals surface area contributed by atoms with E-state index in [0.29, 0.717) is 22.6 Å². The second-order valence-corrected chi connectivity index (χ2v) is 4.47. The summed E-state index contributed by atoms with van der Waals surface area (Å²) in [6.07, 6.45) is 2.86. The number of hydrogen-bond acceptors (Lipinski definition) is 5. The van der Waals surface area contributed by atoms with E-state index in [2.05, 4.69) is 13.2 Å². The fraction of sp³-hybridized carbons (Fsp3) is 0. The van der Waals surface area contributed by atoms with E-state index in [0.717, 1.165) is 0 Å². The van der Waals surface area contributed by atoms with Crippen LogP contribution in [0.2, 0.25) is 0 Å². The van der Waals surface area contributed by atoms with Gasteiger partial charge in [-0.2, -0.15) is 0 Å². The summed E-state index contributed by atoms with van der Waals surface area (Å²) in [4.78, 5) is 20.6. The molecule has 7 nitrogen and oxygen atoms in total. The van der Waals surface area contributed by atoms with E-state index in [-0.39, 0.29) is 11.4 Å². The number of non-ortho nitro benzene ring substituents is 2. The Bertz CT molecular complexity index is 747. The Labute approximate surface area is 131 Å². The summed E-state index contributed by atoms with van der Waals surface area (Å²) in [5.41, 5.74) is 0.708. The average molecular weight is 312 g/mol. The smallest absolute Gasteiger partial charge is 0.270 e. The molecule has 0 amide bonds. The Morgan fingerprint density at radius 3 is 1.52 bits per heavy atom. The molecule has 2 aromatic carbocycles. The highest BCUT2D eigenvalue weighted by atomic mass is 16.6. The van der Waals surface area contributed by atoms with Crippen molar-refractivity contribution < 1.29 is 14.6 Å². The Morgan fingerprint density at radius 2 is 1.22 bits per heavy atom. The van der Waals surface area contributed by atoms with Crippen LogP contribution in [0.25, 0.3) is 12.2 Å². The molecule has 0 fully saturated rings. The highest BCUT2D eigenvalue weighted by molar-refractivity contribution is 5.64. The van der Waals surface area contributed by atoms with E-state index in [4.69, 9.17) is 4.74 Å². The molecule has 0 aliphatic heterocycles. The second-order valence-electron chi connectivity index (χ2n) is 4.47. The molecule has 0 saturated heterocycles. The van der Waals surface area contributed by atoms with Crippen molar-refractivity contribution in [3.05, 3.63) is 80.9 Å². The Morgan fingerprint density at radius 1 is 0.826 bits per heavy atom. The standard InChI is InChI=1S/C16H12N2O5/c1-3-11-9-13(17(19)20)5-7-15(11)23-16-8-6-14(18(21)22)10-12(16)4-2/h3-10H,1-2H2. The van der Waals surface area contributed by atoms with Gasteiger partial charge in [-0.15, -0.1) is 0 Å². The zero-order valence-corrected chi connectivity index (χ0v) is 12.0. The van der Waals surface area contributed by atoms with Gasteiger partial charge in [0.1, 0.15) is 11.5 Å². The van der Waals surface area contributed by atoms with Crippen LogP contribution >= 0.6 is 0 Å². The lowest BCUT2D eigenvalue weighted by molar-refractivity contribution is -0.385. The van der Waals surface area contributed by atoms with Crippen LogP contribution in [0.3, 0.4) is 0 Å². The lowest BCUT2D eigenvalue weighted by Crippen LogP contribution is -1.94. The van der Waals surface area contributed by atoms with Gasteiger partial charge in [-0.3, -0.25) is 20.2 Å². The molecule has 0 N–H and O–H groups in total. The quantitative estimate of drug-likeness (QED) is 0.574. The molecule has 0 aromatic heterocycles. The molecule has 116 valence electrons. The minimum atomic E-state index is -0.516. The van der Waals surface area contributed by atoms with Gasteiger partial charge in [-0.1, -0.05) is 25.3 Å². The van der Waals surface area contributed by atoms with Crippen molar-refractivity contribution in [2.24, 2.45) is 0 Å². The molecule has 0 heterocycles.